The molecule has 0 fully saturated rings. The molecule has 0 aliphatic rings. The molecule has 13 heavy (non-hydrogen) atoms. The molecule has 1 aromatic carbocycles. The Morgan fingerprint density at radius 2 is 2.23 bits per heavy atom. The molecular weight excluding hydrogens is 169 g/mol. The van der Waals surface area contributed by atoms with Crippen LogP contribution in [0.1, 0.15) is 0 Å². The van der Waals surface area contributed by atoms with Gasteiger partial charge in [-0.05, 0) is 18.2 Å². The van der Waals surface area contributed by atoms with Gasteiger partial charge in [-0.15, -0.1) is 0 Å². The van der Waals surface area contributed by atoms with Crippen molar-refractivity contribution in [2.24, 2.45) is 0 Å². The van der Waals surface area contributed by atoms with E-state index in [9.17, 15) is 4.39 Å². The normalized spacial score (nSPS) is 10.2. The van der Waals surface area contributed by atoms with Gasteiger partial charge >= 0.3 is 0 Å². The Hall–Kier alpha value is -1.84. The third-order valence-electron chi connectivity index (χ3n) is 1.78. The number of halogens is 1. The predicted molar refractivity (Wildman–Crippen MR) is 47.9 cm³/mol. The molecule has 2 rings (SSSR count). The SMILES string of the molecule is Nc1ccc(F)cc1-n1ccnc1. The fourth-order valence-electron chi connectivity index (χ4n) is 1.14. The number of nitrogens with two attached hydrogens (primary N) is 1. The first-order valence-electron chi connectivity index (χ1n) is 3.81. The summed E-state index contributed by atoms with van der Waals surface area (Å²) >= 11 is 0. The molecule has 1 heterocycles. The fourth-order valence-corrected chi connectivity index (χ4v) is 1.14. The van der Waals surface area contributed by atoms with Crippen LogP contribution in [0.2, 0.25) is 0 Å². The first-order valence-corrected chi connectivity index (χ1v) is 3.81. The van der Waals surface area contributed by atoms with Crippen molar-refractivity contribution in [1.29, 1.82) is 0 Å². The molecule has 0 saturated carbocycles. The standard InChI is InChI=1S/C9H8FN3/c10-7-1-2-8(11)9(5-7)13-4-3-12-6-13/h1-6H,11H2. The Balaban J connectivity index is 2.57. The number of imidazole rings is 1. The lowest BCUT2D eigenvalue weighted by atomic mass is 10.2. The van der Waals surface area contributed by atoms with Crippen LogP contribution < -0.4 is 5.73 Å². The Labute approximate surface area is 74.6 Å². The van der Waals surface area contributed by atoms with E-state index in [1.54, 1.807) is 23.3 Å². The molecule has 0 spiro atoms. The van der Waals surface area contributed by atoms with E-state index < -0.39 is 0 Å². The molecule has 0 aliphatic heterocycles. The maximum atomic E-state index is 12.8. The van der Waals surface area contributed by atoms with Crippen molar-refractivity contribution in [3.05, 3.63) is 42.7 Å². The number of anilines is 1. The second-order valence-corrected chi connectivity index (χ2v) is 2.67. The van der Waals surface area contributed by atoms with Gasteiger partial charge in [0.2, 0.25) is 0 Å². The molecule has 0 bridgehead atoms. The highest BCUT2D eigenvalue weighted by Gasteiger charge is 2.01. The van der Waals surface area contributed by atoms with Crippen LogP contribution in [0.4, 0.5) is 10.1 Å². The zero-order chi connectivity index (χ0) is 9.26. The van der Waals surface area contributed by atoms with Gasteiger partial charge in [0.25, 0.3) is 0 Å². The van der Waals surface area contributed by atoms with E-state index in [-0.39, 0.29) is 5.82 Å². The molecule has 0 aliphatic carbocycles. The summed E-state index contributed by atoms with van der Waals surface area (Å²) in [6, 6.07) is 4.23. The summed E-state index contributed by atoms with van der Waals surface area (Å²) in [5.41, 5.74) is 6.80. The van der Waals surface area contributed by atoms with Gasteiger partial charge in [0.15, 0.2) is 0 Å². The zero-order valence-corrected chi connectivity index (χ0v) is 6.81. The number of nitrogens with zero attached hydrogens (tertiary/aromatic N) is 2. The quantitative estimate of drug-likeness (QED) is 0.672. The number of rotatable bonds is 1. The molecule has 2 aromatic rings. The molecule has 1 aromatic heterocycles. The van der Waals surface area contributed by atoms with Crippen LogP contribution in [0, 0.1) is 5.82 Å². The summed E-state index contributed by atoms with van der Waals surface area (Å²) < 4.78 is 14.5. The summed E-state index contributed by atoms with van der Waals surface area (Å²) in [5.74, 6) is -0.307. The van der Waals surface area contributed by atoms with E-state index in [4.69, 9.17) is 5.73 Å². The van der Waals surface area contributed by atoms with Gasteiger partial charge in [0.1, 0.15) is 5.82 Å². The Morgan fingerprint density at radius 3 is 2.92 bits per heavy atom. The number of aromatic nitrogens is 2. The minimum absolute atomic E-state index is 0.307. The van der Waals surface area contributed by atoms with E-state index >= 15 is 0 Å². The molecule has 0 amide bonds. The fraction of sp³-hybridized carbons (Fsp3) is 0. The van der Waals surface area contributed by atoms with Crippen molar-refractivity contribution < 1.29 is 4.39 Å². The second kappa shape index (κ2) is 2.90. The largest absolute Gasteiger partial charge is 0.397 e. The highest BCUT2D eigenvalue weighted by molar-refractivity contribution is 5.57. The van der Waals surface area contributed by atoms with Crippen molar-refractivity contribution >= 4 is 5.69 Å². The molecule has 0 unspecified atom stereocenters. The second-order valence-electron chi connectivity index (χ2n) is 2.67. The van der Waals surface area contributed by atoms with Gasteiger partial charge in [-0.1, -0.05) is 0 Å². The van der Waals surface area contributed by atoms with Crippen molar-refractivity contribution in [2.75, 3.05) is 5.73 Å². The van der Waals surface area contributed by atoms with Crippen LogP contribution in [-0.2, 0) is 0 Å². The van der Waals surface area contributed by atoms with Crippen LogP contribution in [0.3, 0.4) is 0 Å². The molecule has 66 valence electrons. The first kappa shape index (κ1) is 7.79. The predicted octanol–water partition coefficient (Wildman–Crippen LogP) is 1.59. The third-order valence-corrected chi connectivity index (χ3v) is 1.78. The highest BCUT2D eigenvalue weighted by Crippen LogP contribution is 2.17. The molecule has 4 heteroatoms. The number of benzene rings is 1. The Bertz CT molecular complexity index is 409. The smallest absolute Gasteiger partial charge is 0.125 e. The zero-order valence-electron chi connectivity index (χ0n) is 6.81. The van der Waals surface area contributed by atoms with E-state index in [0.717, 1.165) is 0 Å². The van der Waals surface area contributed by atoms with Crippen LogP contribution in [0.15, 0.2) is 36.9 Å². The van der Waals surface area contributed by atoms with E-state index in [1.165, 1.54) is 18.2 Å². The molecule has 0 radical (unpaired) electrons. The highest BCUT2D eigenvalue weighted by atomic mass is 19.1. The van der Waals surface area contributed by atoms with Crippen molar-refractivity contribution in [2.45, 2.75) is 0 Å². The lowest BCUT2D eigenvalue weighted by molar-refractivity contribution is 0.627. The van der Waals surface area contributed by atoms with Crippen LogP contribution in [0.5, 0.6) is 0 Å². The number of hydrogen-bond acceptors (Lipinski definition) is 2. The van der Waals surface area contributed by atoms with E-state index in [2.05, 4.69) is 4.98 Å². The Kier molecular flexibility index (Phi) is 1.73. The summed E-state index contributed by atoms with van der Waals surface area (Å²) in [7, 11) is 0. The van der Waals surface area contributed by atoms with Crippen LogP contribution in [-0.4, -0.2) is 9.55 Å². The number of hydrogen-bond donors (Lipinski definition) is 1. The average Bonchev–Trinajstić information content (AvgIpc) is 2.61. The lowest BCUT2D eigenvalue weighted by Gasteiger charge is -2.05. The van der Waals surface area contributed by atoms with Gasteiger partial charge in [-0.25, -0.2) is 9.37 Å². The first-order chi connectivity index (χ1) is 6.27. The molecule has 3 nitrogen and oxygen atoms in total. The maximum absolute atomic E-state index is 12.8. The minimum Gasteiger partial charge on any atom is -0.397 e. The van der Waals surface area contributed by atoms with Gasteiger partial charge in [-0.2, -0.15) is 0 Å². The lowest BCUT2D eigenvalue weighted by Crippen LogP contribution is -1.97. The minimum atomic E-state index is -0.307. The molecular formula is C9H8FN3. The summed E-state index contributed by atoms with van der Waals surface area (Å²) in [4.78, 5) is 3.85. The monoisotopic (exact) mass is 177 g/mol. The summed E-state index contributed by atoms with van der Waals surface area (Å²) in [6.07, 6.45) is 4.90. The van der Waals surface area contributed by atoms with Crippen LogP contribution >= 0.6 is 0 Å². The van der Waals surface area contributed by atoms with E-state index in [0.29, 0.717) is 11.4 Å². The summed E-state index contributed by atoms with van der Waals surface area (Å²) in [6.45, 7) is 0. The average molecular weight is 177 g/mol. The molecule has 0 saturated heterocycles. The van der Waals surface area contributed by atoms with Crippen molar-refractivity contribution in [1.82, 2.24) is 9.55 Å². The van der Waals surface area contributed by atoms with Gasteiger partial charge in [0.05, 0.1) is 17.7 Å². The number of nitrogen functional groups attached to an aromatic ring is 1. The van der Waals surface area contributed by atoms with Crippen molar-refractivity contribution in [3.8, 4) is 5.69 Å². The molecule has 0 atom stereocenters. The van der Waals surface area contributed by atoms with Crippen LogP contribution in [0.25, 0.3) is 5.69 Å². The maximum Gasteiger partial charge on any atom is 0.125 e. The van der Waals surface area contributed by atoms with Crippen molar-refractivity contribution in [3.63, 3.8) is 0 Å². The topological polar surface area (TPSA) is 43.8 Å². The van der Waals surface area contributed by atoms with Gasteiger partial charge in [0, 0.05) is 12.4 Å². The third kappa shape index (κ3) is 1.38. The molecule has 2 N–H and O–H groups in total. The van der Waals surface area contributed by atoms with Gasteiger partial charge in [-0.3, -0.25) is 0 Å². The Morgan fingerprint density at radius 1 is 1.38 bits per heavy atom. The summed E-state index contributed by atoms with van der Waals surface area (Å²) in [5, 5.41) is 0. The van der Waals surface area contributed by atoms with Gasteiger partial charge < -0.3 is 10.3 Å². The van der Waals surface area contributed by atoms with E-state index in [1.807, 2.05) is 0 Å².